The molecule has 0 aromatic heterocycles. The summed E-state index contributed by atoms with van der Waals surface area (Å²) in [4.78, 5) is 5.03. The molecule has 2 aliphatic rings. The van der Waals surface area contributed by atoms with Crippen molar-refractivity contribution in [3.63, 3.8) is 0 Å². The first kappa shape index (κ1) is 9.79. The van der Waals surface area contributed by atoms with E-state index in [4.69, 9.17) is 4.84 Å². The Bertz CT molecular complexity index is 382. The summed E-state index contributed by atoms with van der Waals surface area (Å²) in [5.74, 6) is 0.549. The number of hydroxylamine groups is 1. The number of hydrogen-bond acceptors (Lipinski definition) is 4. The second-order valence-corrected chi connectivity index (χ2v) is 5.66. The van der Waals surface area contributed by atoms with Crippen LogP contribution in [0.3, 0.4) is 0 Å². The van der Waals surface area contributed by atoms with Crippen LogP contribution in [0.15, 0.2) is 11.5 Å². The van der Waals surface area contributed by atoms with Crippen LogP contribution in [0.4, 0.5) is 0 Å². The van der Waals surface area contributed by atoms with Gasteiger partial charge in [-0.2, -0.15) is 0 Å². The summed E-state index contributed by atoms with van der Waals surface area (Å²) in [5.41, 5.74) is 0. The fourth-order valence-electron chi connectivity index (χ4n) is 1.63. The van der Waals surface area contributed by atoms with E-state index in [-0.39, 0.29) is 17.4 Å². The highest BCUT2D eigenvalue weighted by Crippen LogP contribution is 2.43. The number of rotatable bonds is 2. The number of aliphatic hydroxyl groups is 1. The number of sulfonamides is 1. The van der Waals surface area contributed by atoms with Crippen molar-refractivity contribution in [1.82, 2.24) is 4.47 Å². The molecule has 1 aliphatic carbocycles. The van der Waals surface area contributed by atoms with E-state index in [1.807, 2.05) is 0 Å². The lowest BCUT2D eigenvalue weighted by Crippen LogP contribution is -2.37. The molecule has 1 saturated carbocycles. The Morgan fingerprint density at radius 1 is 1.50 bits per heavy atom. The SMILES string of the molecule is CC1=C(O)C(C2CC2)N(S(C)(=O)=O)O1. The quantitative estimate of drug-likeness (QED) is 0.744. The normalized spacial score (nSPS) is 29.4. The molecule has 0 aromatic rings. The Balaban J connectivity index is 2.31. The molecule has 1 aliphatic heterocycles. The second kappa shape index (κ2) is 2.87. The van der Waals surface area contributed by atoms with Crippen molar-refractivity contribution in [3.05, 3.63) is 11.5 Å². The predicted octanol–water partition coefficient (Wildman–Crippen LogP) is 0.761. The van der Waals surface area contributed by atoms with Gasteiger partial charge in [0.2, 0.25) is 10.0 Å². The van der Waals surface area contributed by atoms with Crippen molar-refractivity contribution < 1.29 is 18.4 Å². The standard InChI is InChI=1S/C8H13NO4S/c1-5-8(10)7(6-3-4-6)9(13-5)14(2,11)12/h6-7,10H,3-4H2,1-2H3. The lowest BCUT2D eigenvalue weighted by molar-refractivity contribution is -0.0363. The summed E-state index contributed by atoms with van der Waals surface area (Å²) in [6.45, 7) is 1.57. The molecule has 0 saturated heterocycles. The van der Waals surface area contributed by atoms with Crippen LogP contribution in [-0.4, -0.2) is 30.3 Å². The first-order chi connectivity index (χ1) is 6.41. The average molecular weight is 219 g/mol. The maximum atomic E-state index is 11.3. The van der Waals surface area contributed by atoms with Gasteiger partial charge in [-0.15, -0.1) is 0 Å². The number of allylic oxidation sites excluding steroid dienone is 1. The minimum Gasteiger partial charge on any atom is -0.507 e. The number of hydrogen-bond donors (Lipinski definition) is 1. The van der Waals surface area contributed by atoms with E-state index in [1.165, 1.54) is 0 Å². The van der Waals surface area contributed by atoms with E-state index >= 15 is 0 Å². The minimum absolute atomic E-state index is 0.0536. The van der Waals surface area contributed by atoms with E-state index in [9.17, 15) is 13.5 Å². The van der Waals surface area contributed by atoms with Crippen LogP contribution in [0.5, 0.6) is 0 Å². The van der Waals surface area contributed by atoms with Crippen LogP contribution in [-0.2, 0) is 14.9 Å². The Hall–Kier alpha value is -0.750. The van der Waals surface area contributed by atoms with Gasteiger partial charge in [-0.05, 0) is 30.2 Å². The molecule has 0 radical (unpaired) electrons. The van der Waals surface area contributed by atoms with Gasteiger partial charge in [0.15, 0.2) is 11.5 Å². The van der Waals surface area contributed by atoms with E-state index in [0.717, 1.165) is 23.6 Å². The zero-order chi connectivity index (χ0) is 10.5. The predicted molar refractivity (Wildman–Crippen MR) is 49.6 cm³/mol. The van der Waals surface area contributed by atoms with Gasteiger partial charge in [0.05, 0.1) is 6.26 Å². The molecule has 80 valence electrons. The Labute approximate surface area is 83.0 Å². The second-order valence-electron chi connectivity index (χ2n) is 3.83. The lowest BCUT2D eigenvalue weighted by atomic mass is 10.1. The van der Waals surface area contributed by atoms with Gasteiger partial charge in [-0.1, -0.05) is 0 Å². The van der Waals surface area contributed by atoms with Crippen LogP contribution in [0.2, 0.25) is 0 Å². The van der Waals surface area contributed by atoms with Crippen molar-refractivity contribution >= 4 is 10.0 Å². The Morgan fingerprint density at radius 3 is 2.50 bits per heavy atom. The molecule has 1 atom stereocenters. The van der Waals surface area contributed by atoms with Gasteiger partial charge < -0.3 is 9.94 Å². The topological polar surface area (TPSA) is 66.8 Å². The molecule has 0 spiro atoms. The van der Waals surface area contributed by atoms with Gasteiger partial charge in [-0.25, -0.2) is 8.42 Å². The summed E-state index contributed by atoms with van der Waals surface area (Å²) in [5, 5.41) is 9.65. The molecule has 1 unspecified atom stereocenters. The van der Waals surface area contributed by atoms with Crippen LogP contribution in [0.1, 0.15) is 19.8 Å². The van der Waals surface area contributed by atoms with Gasteiger partial charge in [0, 0.05) is 0 Å². The molecular weight excluding hydrogens is 206 g/mol. The molecular formula is C8H13NO4S. The first-order valence-electron chi connectivity index (χ1n) is 4.48. The largest absolute Gasteiger partial charge is 0.507 e. The van der Waals surface area contributed by atoms with Crippen molar-refractivity contribution in [2.45, 2.75) is 25.8 Å². The highest BCUT2D eigenvalue weighted by atomic mass is 32.2. The highest BCUT2D eigenvalue weighted by molar-refractivity contribution is 7.88. The molecule has 0 amide bonds. The van der Waals surface area contributed by atoms with E-state index < -0.39 is 16.1 Å². The van der Waals surface area contributed by atoms with Gasteiger partial charge in [-0.3, -0.25) is 0 Å². The van der Waals surface area contributed by atoms with E-state index in [0.29, 0.717) is 0 Å². The molecule has 1 heterocycles. The number of nitrogens with zero attached hydrogens (tertiary/aromatic N) is 1. The van der Waals surface area contributed by atoms with Crippen molar-refractivity contribution in [2.24, 2.45) is 5.92 Å². The third-order valence-electron chi connectivity index (χ3n) is 2.49. The molecule has 2 rings (SSSR count). The summed E-state index contributed by atoms with van der Waals surface area (Å²) in [7, 11) is -3.41. The monoisotopic (exact) mass is 219 g/mol. The van der Waals surface area contributed by atoms with Crippen LogP contribution in [0.25, 0.3) is 0 Å². The van der Waals surface area contributed by atoms with Gasteiger partial charge in [0.25, 0.3) is 0 Å². The van der Waals surface area contributed by atoms with E-state index in [1.54, 1.807) is 6.92 Å². The Morgan fingerprint density at radius 2 is 2.07 bits per heavy atom. The third kappa shape index (κ3) is 1.48. The zero-order valence-corrected chi connectivity index (χ0v) is 8.91. The van der Waals surface area contributed by atoms with Crippen LogP contribution >= 0.6 is 0 Å². The van der Waals surface area contributed by atoms with Gasteiger partial charge in [0.1, 0.15) is 6.04 Å². The van der Waals surface area contributed by atoms with Crippen molar-refractivity contribution in [2.75, 3.05) is 6.26 Å². The van der Waals surface area contributed by atoms with Gasteiger partial charge >= 0.3 is 0 Å². The smallest absolute Gasteiger partial charge is 0.242 e. The maximum Gasteiger partial charge on any atom is 0.242 e. The average Bonchev–Trinajstić information content (AvgIpc) is 2.81. The lowest BCUT2D eigenvalue weighted by Gasteiger charge is -2.19. The number of aliphatic hydroxyl groups excluding tert-OH is 1. The van der Waals surface area contributed by atoms with Crippen molar-refractivity contribution in [1.29, 1.82) is 0 Å². The molecule has 14 heavy (non-hydrogen) atoms. The van der Waals surface area contributed by atoms with E-state index in [2.05, 4.69) is 0 Å². The van der Waals surface area contributed by atoms with Crippen LogP contribution < -0.4 is 0 Å². The summed E-state index contributed by atoms with van der Waals surface area (Å²) < 4.78 is 23.6. The molecule has 1 fully saturated rings. The molecule has 5 nitrogen and oxygen atoms in total. The van der Waals surface area contributed by atoms with Crippen molar-refractivity contribution in [3.8, 4) is 0 Å². The molecule has 1 N–H and O–H groups in total. The summed E-state index contributed by atoms with van der Waals surface area (Å²) in [6, 6.07) is -0.495. The minimum atomic E-state index is -3.41. The first-order valence-corrected chi connectivity index (χ1v) is 6.33. The summed E-state index contributed by atoms with van der Waals surface area (Å²) >= 11 is 0. The third-order valence-corrected chi connectivity index (χ3v) is 3.45. The highest BCUT2D eigenvalue weighted by Gasteiger charge is 2.48. The summed E-state index contributed by atoms with van der Waals surface area (Å²) in [6.07, 6.45) is 2.96. The fraction of sp³-hybridized carbons (Fsp3) is 0.750. The Kier molecular flexibility index (Phi) is 2.01. The zero-order valence-electron chi connectivity index (χ0n) is 8.10. The molecule has 6 heteroatoms. The van der Waals surface area contributed by atoms with Crippen LogP contribution in [0, 0.1) is 5.92 Å². The molecule has 0 bridgehead atoms. The molecule has 0 aromatic carbocycles. The fourth-order valence-corrected chi connectivity index (χ4v) is 2.56. The maximum absolute atomic E-state index is 11.3.